The van der Waals surface area contributed by atoms with Gasteiger partial charge in [0.1, 0.15) is 12.1 Å². The number of benzene rings is 1. The Kier molecular flexibility index (Phi) is 3.17. The van der Waals surface area contributed by atoms with Gasteiger partial charge in [-0.1, -0.05) is 11.2 Å². The van der Waals surface area contributed by atoms with Gasteiger partial charge in [-0.3, -0.25) is 24.6 Å². The first-order valence-electron chi connectivity index (χ1n) is 7.06. The summed E-state index contributed by atoms with van der Waals surface area (Å²) in [4.78, 5) is 40.1. The smallest absolute Gasteiger partial charge is 0.282 e. The zero-order valence-corrected chi connectivity index (χ0v) is 12.4. The van der Waals surface area contributed by atoms with E-state index in [0.29, 0.717) is 5.76 Å². The van der Waals surface area contributed by atoms with E-state index in [4.69, 9.17) is 8.94 Å². The molecule has 3 aromatic rings. The van der Waals surface area contributed by atoms with Gasteiger partial charge in [-0.25, -0.2) is 0 Å². The fourth-order valence-corrected chi connectivity index (χ4v) is 2.57. The van der Waals surface area contributed by atoms with Gasteiger partial charge in [-0.15, -0.1) is 0 Å². The Bertz CT molecular complexity index is 1010. The van der Waals surface area contributed by atoms with Gasteiger partial charge in [0, 0.05) is 6.07 Å². The van der Waals surface area contributed by atoms with Gasteiger partial charge in [-0.2, -0.15) is 4.98 Å². The summed E-state index contributed by atoms with van der Waals surface area (Å²) in [5.74, 6) is -0.884. The van der Waals surface area contributed by atoms with E-state index in [9.17, 15) is 19.7 Å². The first kappa shape index (κ1) is 14.8. The number of fused-ring (bicyclic) bond motifs is 1. The van der Waals surface area contributed by atoms with Crippen LogP contribution >= 0.6 is 0 Å². The molecule has 0 fully saturated rings. The molecule has 0 spiro atoms. The van der Waals surface area contributed by atoms with Crippen LogP contribution in [-0.2, 0) is 6.54 Å². The average molecular weight is 340 g/mol. The van der Waals surface area contributed by atoms with E-state index in [-0.39, 0.29) is 29.4 Å². The Labute approximate surface area is 138 Å². The highest BCUT2D eigenvalue weighted by Gasteiger charge is 2.41. The van der Waals surface area contributed by atoms with Crippen molar-refractivity contribution in [3.05, 3.63) is 63.7 Å². The molecule has 0 bridgehead atoms. The first-order valence-corrected chi connectivity index (χ1v) is 7.06. The van der Waals surface area contributed by atoms with E-state index in [0.717, 1.165) is 4.90 Å². The number of aromatic nitrogens is 2. The Balaban J connectivity index is 1.65. The van der Waals surface area contributed by atoms with Crippen LogP contribution in [0, 0.1) is 10.1 Å². The van der Waals surface area contributed by atoms with Gasteiger partial charge in [0.05, 0.1) is 16.7 Å². The highest BCUT2D eigenvalue weighted by molar-refractivity contribution is 6.23. The molecule has 0 saturated carbocycles. The quantitative estimate of drug-likeness (QED) is 0.400. The lowest BCUT2D eigenvalue weighted by molar-refractivity contribution is -0.385. The third-order valence-electron chi connectivity index (χ3n) is 3.68. The maximum Gasteiger partial charge on any atom is 0.282 e. The third kappa shape index (κ3) is 2.27. The van der Waals surface area contributed by atoms with E-state index in [1.54, 1.807) is 12.1 Å². The summed E-state index contributed by atoms with van der Waals surface area (Å²) in [5.41, 5.74) is -0.673. The average Bonchev–Trinajstić information content (AvgIpc) is 3.32. The second-order valence-corrected chi connectivity index (χ2v) is 5.14. The number of nitro benzene ring substituents is 1. The zero-order valence-electron chi connectivity index (χ0n) is 12.4. The monoisotopic (exact) mass is 340 g/mol. The van der Waals surface area contributed by atoms with Gasteiger partial charge in [-0.05, 0) is 18.2 Å². The highest BCUT2D eigenvalue weighted by Crippen LogP contribution is 2.31. The maximum atomic E-state index is 12.5. The van der Waals surface area contributed by atoms with E-state index in [2.05, 4.69) is 10.1 Å². The topological polar surface area (TPSA) is 133 Å². The Morgan fingerprint density at radius 2 is 2.00 bits per heavy atom. The number of furan rings is 1. The predicted octanol–water partition coefficient (Wildman–Crippen LogP) is 2.03. The van der Waals surface area contributed by atoms with Crippen molar-refractivity contribution in [2.24, 2.45) is 0 Å². The number of amides is 2. The van der Waals surface area contributed by atoms with Crippen molar-refractivity contribution >= 4 is 17.5 Å². The molecule has 124 valence electrons. The number of carbonyl (C=O) groups excluding carboxylic acids is 2. The van der Waals surface area contributed by atoms with Crippen LogP contribution in [0.3, 0.4) is 0 Å². The van der Waals surface area contributed by atoms with Gasteiger partial charge < -0.3 is 8.94 Å². The van der Waals surface area contributed by atoms with Crippen LogP contribution in [0.15, 0.2) is 45.5 Å². The van der Waals surface area contributed by atoms with Crippen molar-refractivity contribution in [1.82, 2.24) is 15.0 Å². The Morgan fingerprint density at radius 3 is 2.72 bits per heavy atom. The number of hydrogen-bond donors (Lipinski definition) is 0. The molecule has 10 heteroatoms. The molecular weight excluding hydrogens is 332 g/mol. The zero-order chi connectivity index (χ0) is 17.6. The lowest BCUT2D eigenvalue weighted by Crippen LogP contribution is -2.29. The van der Waals surface area contributed by atoms with Crippen molar-refractivity contribution < 1.29 is 23.5 Å². The van der Waals surface area contributed by atoms with Gasteiger partial charge in [0.2, 0.25) is 11.7 Å². The molecule has 25 heavy (non-hydrogen) atoms. The van der Waals surface area contributed by atoms with Gasteiger partial charge >= 0.3 is 0 Å². The van der Waals surface area contributed by atoms with Crippen LogP contribution in [0.25, 0.3) is 11.6 Å². The van der Waals surface area contributed by atoms with Crippen molar-refractivity contribution in [3.63, 3.8) is 0 Å². The molecule has 0 radical (unpaired) electrons. The van der Waals surface area contributed by atoms with Gasteiger partial charge in [0.25, 0.3) is 17.5 Å². The van der Waals surface area contributed by atoms with E-state index in [1.807, 2.05) is 0 Å². The molecule has 1 aromatic carbocycles. The molecular formula is C15H8N4O6. The number of hydrogen-bond acceptors (Lipinski definition) is 8. The van der Waals surface area contributed by atoms with E-state index >= 15 is 0 Å². The Morgan fingerprint density at radius 1 is 1.16 bits per heavy atom. The summed E-state index contributed by atoms with van der Waals surface area (Å²) in [7, 11) is 0. The number of imide groups is 1. The van der Waals surface area contributed by atoms with Crippen molar-refractivity contribution in [3.8, 4) is 11.6 Å². The standard InChI is InChI=1S/C15H8N4O6/c20-14-8-3-1-4-9(19(22)23)12(8)15(21)18(14)7-11-16-13(17-25-11)10-5-2-6-24-10/h1-6H,7H2. The minimum absolute atomic E-state index is 0.00330. The summed E-state index contributed by atoms with van der Waals surface area (Å²) >= 11 is 0. The van der Waals surface area contributed by atoms with Gasteiger partial charge in [0.15, 0.2) is 5.76 Å². The second kappa shape index (κ2) is 5.37. The largest absolute Gasteiger partial charge is 0.461 e. The molecule has 1 aliphatic rings. The molecule has 1 aliphatic heterocycles. The summed E-state index contributed by atoms with van der Waals surface area (Å²) in [6.45, 7) is -0.294. The van der Waals surface area contributed by atoms with Crippen LogP contribution in [0.2, 0.25) is 0 Å². The van der Waals surface area contributed by atoms with Crippen LogP contribution in [0.4, 0.5) is 5.69 Å². The molecule has 3 heterocycles. The van der Waals surface area contributed by atoms with Crippen LogP contribution in [0.1, 0.15) is 26.6 Å². The molecule has 0 unspecified atom stereocenters. The predicted molar refractivity (Wildman–Crippen MR) is 79.3 cm³/mol. The molecule has 0 saturated heterocycles. The van der Waals surface area contributed by atoms with Crippen LogP contribution < -0.4 is 0 Å². The second-order valence-electron chi connectivity index (χ2n) is 5.14. The number of nitro groups is 1. The highest BCUT2D eigenvalue weighted by atomic mass is 16.6. The SMILES string of the molecule is O=C1c2cccc([N+](=O)[O-])c2C(=O)N1Cc1nc(-c2ccco2)no1. The summed E-state index contributed by atoms with van der Waals surface area (Å²) in [6.07, 6.45) is 1.44. The van der Waals surface area contributed by atoms with Crippen molar-refractivity contribution in [1.29, 1.82) is 0 Å². The van der Waals surface area contributed by atoms with Crippen molar-refractivity contribution in [2.45, 2.75) is 6.54 Å². The van der Waals surface area contributed by atoms with Crippen molar-refractivity contribution in [2.75, 3.05) is 0 Å². The Hall–Kier alpha value is -3.82. The fraction of sp³-hybridized carbons (Fsp3) is 0.0667. The maximum absolute atomic E-state index is 12.5. The molecule has 10 nitrogen and oxygen atoms in total. The summed E-state index contributed by atoms with van der Waals surface area (Å²) in [6, 6.07) is 7.17. The fourth-order valence-electron chi connectivity index (χ4n) is 2.57. The molecule has 2 aromatic heterocycles. The van der Waals surface area contributed by atoms with E-state index < -0.39 is 22.4 Å². The number of rotatable bonds is 4. The minimum Gasteiger partial charge on any atom is -0.461 e. The molecule has 0 atom stereocenters. The number of nitrogens with zero attached hydrogens (tertiary/aromatic N) is 4. The lowest BCUT2D eigenvalue weighted by Gasteiger charge is -2.09. The molecule has 0 aliphatic carbocycles. The van der Waals surface area contributed by atoms with E-state index in [1.165, 1.54) is 24.5 Å². The van der Waals surface area contributed by atoms with Crippen LogP contribution in [0.5, 0.6) is 0 Å². The summed E-state index contributed by atoms with van der Waals surface area (Å²) in [5, 5.41) is 14.8. The lowest BCUT2D eigenvalue weighted by atomic mass is 10.1. The molecule has 0 N–H and O–H groups in total. The van der Waals surface area contributed by atoms with Crippen LogP contribution in [-0.4, -0.2) is 31.8 Å². The third-order valence-corrected chi connectivity index (χ3v) is 3.68. The minimum atomic E-state index is -0.773. The normalized spacial score (nSPS) is 13.4. The number of carbonyl (C=O) groups is 2. The summed E-state index contributed by atoms with van der Waals surface area (Å²) < 4.78 is 10.2. The molecule has 4 rings (SSSR count). The molecule has 2 amide bonds. The first-order chi connectivity index (χ1) is 12.1.